The number of nitrogens with one attached hydrogen (secondary N) is 1. The summed E-state index contributed by atoms with van der Waals surface area (Å²) in [4.78, 5) is 41.6. The molecule has 0 radical (unpaired) electrons. The molecular formula is C19H21N4O6+. The molecule has 0 atom stereocenters. The standard InChI is InChI=1S/C19H20N4O6/c1-28-19(25)14-5-6-16(15(12-14)23(26)27)29-13-18(24)22-10-8-21(9-11-22)17-4-2-3-7-20-17/h2-7,12H,8-11,13H2,1H3/p+1. The molecule has 1 saturated heterocycles. The molecule has 3 rings (SSSR count). The number of esters is 1. The molecule has 1 fully saturated rings. The number of piperazine rings is 1. The van der Waals surface area contributed by atoms with E-state index in [1.807, 2.05) is 24.4 Å². The number of ether oxygens (including phenoxy) is 2. The summed E-state index contributed by atoms with van der Waals surface area (Å²) < 4.78 is 9.95. The maximum absolute atomic E-state index is 12.4. The van der Waals surface area contributed by atoms with Gasteiger partial charge in [-0.05, 0) is 18.2 Å². The van der Waals surface area contributed by atoms with Crippen molar-refractivity contribution in [1.29, 1.82) is 0 Å². The van der Waals surface area contributed by atoms with Crippen molar-refractivity contribution < 1.29 is 29.0 Å². The Morgan fingerprint density at radius 2 is 1.93 bits per heavy atom. The summed E-state index contributed by atoms with van der Waals surface area (Å²) in [5.74, 6) is -0.0389. The van der Waals surface area contributed by atoms with E-state index in [-0.39, 0.29) is 23.8 Å². The zero-order chi connectivity index (χ0) is 20.8. The Bertz CT molecular complexity index is 897. The summed E-state index contributed by atoms with van der Waals surface area (Å²) in [5, 5.41) is 11.3. The fourth-order valence-corrected chi connectivity index (χ4v) is 3.04. The van der Waals surface area contributed by atoms with Crippen molar-refractivity contribution in [1.82, 2.24) is 4.90 Å². The van der Waals surface area contributed by atoms with Crippen LogP contribution in [0.25, 0.3) is 0 Å². The van der Waals surface area contributed by atoms with Crippen molar-refractivity contribution in [3.8, 4) is 5.75 Å². The van der Waals surface area contributed by atoms with Gasteiger partial charge in [0.15, 0.2) is 12.4 Å². The maximum atomic E-state index is 12.4. The van der Waals surface area contributed by atoms with Crippen LogP contribution in [-0.2, 0) is 9.53 Å². The first-order chi connectivity index (χ1) is 14.0. The summed E-state index contributed by atoms with van der Waals surface area (Å²) in [6.07, 6.45) is 1.85. The minimum atomic E-state index is -0.691. The highest BCUT2D eigenvalue weighted by atomic mass is 16.6. The molecule has 29 heavy (non-hydrogen) atoms. The number of amides is 1. The quantitative estimate of drug-likeness (QED) is 0.401. The molecule has 152 valence electrons. The second-order valence-electron chi connectivity index (χ2n) is 6.34. The van der Waals surface area contributed by atoms with Gasteiger partial charge in [-0.1, -0.05) is 6.07 Å². The largest absolute Gasteiger partial charge is 0.477 e. The Labute approximate surface area is 166 Å². The van der Waals surface area contributed by atoms with Crippen LogP contribution in [0.4, 0.5) is 11.5 Å². The lowest BCUT2D eigenvalue weighted by Crippen LogP contribution is -2.51. The van der Waals surface area contributed by atoms with E-state index < -0.39 is 16.6 Å². The number of carbonyl (C=O) groups is 2. The highest BCUT2D eigenvalue weighted by Crippen LogP contribution is 2.28. The zero-order valence-corrected chi connectivity index (χ0v) is 15.9. The first-order valence-corrected chi connectivity index (χ1v) is 8.98. The van der Waals surface area contributed by atoms with E-state index in [0.717, 1.165) is 11.9 Å². The fourth-order valence-electron chi connectivity index (χ4n) is 3.04. The van der Waals surface area contributed by atoms with Crippen molar-refractivity contribution in [2.45, 2.75) is 0 Å². The molecule has 2 heterocycles. The number of H-pyrrole nitrogens is 1. The van der Waals surface area contributed by atoms with Crippen LogP contribution in [0, 0.1) is 10.1 Å². The van der Waals surface area contributed by atoms with Crippen LogP contribution in [-0.4, -0.2) is 61.6 Å². The monoisotopic (exact) mass is 401 g/mol. The van der Waals surface area contributed by atoms with Crippen LogP contribution in [0.15, 0.2) is 42.6 Å². The van der Waals surface area contributed by atoms with E-state index in [4.69, 9.17) is 4.74 Å². The fraction of sp³-hybridized carbons (Fsp3) is 0.316. The number of methoxy groups -OCH3 is 1. The van der Waals surface area contributed by atoms with Crippen LogP contribution >= 0.6 is 0 Å². The molecule has 0 saturated carbocycles. The second kappa shape index (κ2) is 9.00. The third kappa shape index (κ3) is 4.78. The van der Waals surface area contributed by atoms with Gasteiger partial charge in [-0.15, -0.1) is 0 Å². The van der Waals surface area contributed by atoms with E-state index in [1.54, 1.807) is 4.90 Å². The number of pyridine rings is 1. The van der Waals surface area contributed by atoms with Crippen molar-refractivity contribution in [3.63, 3.8) is 0 Å². The van der Waals surface area contributed by atoms with Gasteiger partial charge in [0.05, 0.1) is 36.9 Å². The molecule has 1 aromatic carbocycles. The van der Waals surface area contributed by atoms with Crippen LogP contribution in [0.5, 0.6) is 5.75 Å². The minimum absolute atomic E-state index is 0.0340. The highest BCUT2D eigenvalue weighted by Gasteiger charge is 2.27. The number of anilines is 1. The van der Waals surface area contributed by atoms with E-state index in [0.29, 0.717) is 26.2 Å². The third-order valence-corrected chi connectivity index (χ3v) is 4.59. The van der Waals surface area contributed by atoms with Gasteiger partial charge in [0.25, 0.3) is 11.7 Å². The lowest BCUT2D eigenvalue weighted by atomic mass is 10.2. The molecule has 10 heteroatoms. The summed E-state index contributed by atoms with van der Waals surface area (Å²) in [6, 6.07) is 9.53. The molecule has 1 aromatic heterocycles. The number of nitrogens with zero attached hydrogens (tertiary/aromatic N) is 3. The van der Waals surface area contributed by atoms with E-state index >= 15 is 0 Å². The minimum Gasteiger partial charge on any atom is -0.477 e. The summed E-state index contributed by atoms with van der Waals surface area (Å²) in [7, 11) is 1.19. The average molecular weight is 401 g/mol. The van der Waals surface area contributed by atoms with Crippen LogP contribution in [0.2, 0.25) is 0 Å². The molecule has 0 aliphatic carbocycles. The molecule has 2 aromatic rings. The lowest BCUT2D eigenvalue weighted by Gasteiger charge is -2.30. The molecule has 10 nitrogen and oxygen atoms in total. The SMILES string of the molecule is COC(=O)c1ccc(OCC(=O)N2CCN(c3cccc[nH+]3)CC2)c([N+](=O)[O-])c1. The molecule has 1 N–H and O–H groups in total. The zero-order valence-electron chi connectivity index (χ0n) is 15.9. The number of hydrogen-bond donors (Lipinski definition) is 0. The van der Waals surface area contributed by atoms with Gasteiger partial charge in [0.2, 0.25) is 0 Å². The summed E-state index contributed by atoms with van der Waals surface area (Å²) in [5.41, 5.74) is -0.364. The molecule has 0 spiro atoms. The van der Waals surface area contributed by atoms with Crippen molar-refractivity contribution in [2.24, 2.45) is 0 Å². The number of aromatic nitrogens is 1. The van der Waals surface area contributed by atoms with E-state index in [2.05, 4.69) is 14.6 Å². The van der Waals surface area contributed by atoms with Crippen molar-refractivity contribution in [3.05, 3.63) is 58.3 Å². The second-order valence-corrected chi connectivity index (χ2v) is 6.34. The van der Waals surface area contributed by atoms with Crippen molar-refractivity contribution in [2.75, 3.05) is 44.8 Å². The van der Waals surface area contributed by atoms with Gasteiger partial charge in [-0.25, -0.2) is 9.78 Å². The van der Waals surface area contributed by atoms with Crippen LogP contribution < -0.4 is 14.6 Å². The Morgan fingerprint density at radius 3 is 2.55 bits per heavy atom. The number of carbonyl (C=O) groups excluding carboxylic acids is 2. The summed E-state index contributed by atoms with van der Waals surface area (Å²) in [6.45, 7) is 2.05. The Kier molecular flexibility index (Phi) is 6.22. The molecule has 0 bridgehead atoms. The number of nitro groups is 1. The van der Waals surface area contributed by atoms with Gasteiger partial charge in [0, 0.05) is 12.1 Å². The van der Waals surface area contributed by atoms with E-state index in [9.17, 15) is 19.7 Å². The predicted octanol–water partition coefficient (Wildman–Crippen LogP) is 0.923. The predicted molar refractivity (Wildman–Crippen MR) is 102 cm³/mol. The van der Waals surface area contributed by atoms with Crippen LogP contribution in [0.3, 0.4) is 0 Å². The maximum Gasteiger partial charge on any atom is 0.338 e. The molecule has 1 aliphatic heterocycles. The number of rotatable bonds is 6. The lowest BCUT2D eigenvalue weighted by molar-refractivity contribution is -0.385. The Balaban J connectivity index is 1.58. The molecule has 1 amide bonds. The highest BCUT2D eigenvalue weighted by molar-refractivity contribution is 5.90. The van der Waals surface area contributed by atoms with Crippen LogP contribution in [0.1, 0.15) is 10.4 Å². The van der Waals surface area contributed by atoms with Gasteiger partial charge in [0.1, 0.15) is 13.1 Å². The molecule has 0 unspecified atom stereocenters. The molecule has 1 aliphatic rings. The summed E-state index contributed by atoms with van der Waals surface area (Å²) >= 11 is 0. The van der Waals surface area contributed by atoms with Gasteiger partial charge < -0.3 is 14.4 Å². The number of hydrogen-bond acceptors (Lipinski definition) is 7. The number of benzene rings is 1. The number of nitro benzene ring substituents is 1. The van der Waals surface area contributed by atoms with Crippen molar-refractivity contribution >= 4 is 23.4 Å². The van der Waals surface area contributed by atoms with Gasteiger partial charge in [-0.3, -0.25) is 19.8 Å². The normalized spacial score (nSPS) is 13.7. The topological polar surface area (TPSA) is 116 Å². The van der Waals surface area contributed by atoms with Gasteiger partial charge >= 0.3 is 11.7 Å². The first-order valence-electron chi connectivity index (χ1n) is 8.98. The third-order valence-electron chi connectivity index (χ3n) is 4.59. The average Bonchev–Trinajstić information content (AvgIpc) is 2.77. The Hall–Kier alpha value is -3.69. The van der Waals surface area contributed by atoms with Gasteiger partial charge in [-0.2, -0.15) is 0 Å². The first kappa shape index (κ1) is 20.1. The smallest absolute Gasteiger partial charge is 0.338 e. The van der Waals surface area contributed by atoms with E-state index in [1.165, 1.54) is 19.2 Å². The Morgan fingerprint density at radius 1 is 1.17 bits per heavy atom. The number of aromatic amines is 1. The molecular weight excluding hydrogens is 380 g/mol.